The zero-order valence-corrected chi connectivity index (χ0v) is 14.4. The van der Waals surface area contributed by atoms with Crippen molar-refractivity contribution in [1.82, 2.24) is 14.8 Å². The predicted molar refractivity (Wildman–Crippen MR) is 98.1 cm³/mol. The topological polar surface area (TPSA) is 95.1 Å². The van der Waals surface area contributed by atoms with Crippen LogP contribution in [0.3, 0.4) is 0 Å². The van der Waals surface area contributed by atoms with Crippen LogP contribution in [0.2, 0.25) is 0 Å². The van der Waals surface area contributed by atoms with Crippen LogP contribution < -0.4 is 15.8 Å². The molecule has 0 atom stereocenters. The fourth-order valence-electron chi connectivity index (χ4n) is 2.20. The molecule has 0 spiro atoms. The van der Waals surface area contributed by atoms with Gasteiger partial charge in [-0.3, -0.25) is 9.36 Å². The van der Waals surface area contributed by atoms with Crippen LogP contribution in [0.25, 0.3) is 5.69 Å². The molecule has 7 nitrogen and oxygen atoms in total. The predicted octanol–water partition coefficient (Wildman–Crippen LogP) is 2.59. The van der Waals surface area contributed by atoms with Gasteiger partial charge in [0.05, 0.1) is 18.6 Å². The molecule has 0 aliphatic heterocycles. The van der Waals surface area contributed by atoms with Gasteiger partial charge in [0.25, 0.3) is 0 Å². The molecule has 3 N–H and O–H groups in total. The fourth-order valence-corrected chi connectivity index (χ4v) is 2.96. The molecule has 1 heterocycles. The molecule has 0 radical (unpaired) electrons. The Hall–Kier alpha value is -3.00. The number of hydrogen-bond donors (Lipinski definition) is 2. The maximum absolute atomic E-state index is 12.1. The first-order valence-electron chi connectivity index (χ1n) is 7.50. The van der Waals surface area contributed by atoms with Crippen molar-refractivity contribution in [3.05, 3.63) is 54.6 Å². The third-order valence-corrected chi connectivity index (χ3v) is 4.31. The van der Waals surface area contributed by atoms with Crippen LogP contribution in [-0.2, 0) is 4.79 Å². The third-order valence-electron chi connectivity index (χ3n) is 3.38. The monoisotopic (exact) mass is 355 g/mol. The lowest BCUT2D eigenvalue weighted by Crippen LogP contribution is -2.14. The van der Waals surface area contributed by atoms with E-state index in [4.69, 9.17) is 10.5 Å². The molecule has 3 rings (SSSR count). The first kappa shape index (κ1) is 16.8. The van der Waals surface area contributed by atoms with Crippen molar-refractivity contribution in [2.45, 2.75) is 5.16 Å². The van der Waals surface area contributed by atoms with Crippen LogP contribution in [0.1, 0.15) is 0 Å². The highest BCUT2D eigenvalue weighted by molar-refractivity contribution is 7.99. The molecule has 2 aromatic carbocycles. The molecule has 1 amide bonds. The van der Waals surface area contributed by atoms with E-state index in [9.17, 15) is 4.79 Å². The maximum atomic E-state index is 12.1. The van der Waals surface area contributed by atoms with E-state index >= 15 is 0 Å². The number of nitrogens with zero attached hydrogens (tertiary/aromatic N) is 3. The summed E-state index contributed by atoms with van der Waals surface area (Å²) in [6, 6.07) is 16.7. The molecule has 0 saturated carbocycles. The van der Waals surface area contributed by atoms with E-state index in [2.05, 4.69) is 15.5 Å². The summed E-state index contributed by atoms with van der Waals surface area (Å²) in [5.41, 5.74) is 7.45. The molecule has 25 heavy (non-hydrogen) atoms. The lowest BCUT2D eigenvalue weighted by atomic mass is 10.3. The summed E-state index contributed by atoms with van der Waals surface area (Å²) in [6.07, 6.45) is 0. The molecule has 0 unspecified atom stereocenters. The zero-order valence-electron chi connectivity index (χ0n) is 13.5. The third kappa shape index (κ3) is 4.10. The van der Waals surface area contributed by atoms with Gasteiger partial charge in [0, 0.05) is 5.69 Å². The quantitative estimate of drug-likeness (QED) is 0.660. The molecule has 128 valence electrons. The lowest BCUT2D eigenvalue weighted by molar-refractivity contribution is -0.113. The Morgan fingerprint density at radius 1 is 1.16 bits per heavy atom. The van der Waals surface area contributed by atoms with Gasteiger partial charge < -0.3 is 15.8 Å². The van der Waals surface area contributed by atoms with E-state index in [-0.39, 0.29) is 17.6 Å². The summed E-state index contributed by atoms with van der Waals surface area (Å²) in [4.78, 5) is 12.1. The number of carbonyl (C=O) groups excluding carboxylic acids is 1. The second-order valence-corrected chi connectivity index (χ2v) is 6.02. The number of nitrogens with one attached hydrogen (secondary N) is 1. The number of aromatic nitrogens is 3. The first-order chi connectivity index (χ1) is 12.2. The minimum atomic E-state index is -0.142. The van der Waals surface area contributed by atoms with E-state index in [1.165, 1.54) is 11.8 Å². The van der Waals surface area contributed by atoms with Gasteiger partial charge in [-0.1, -0.05) is 30.0 Å². The number of ether oxygens (including phenoxy) is 1. The van der Waals surface area contributed by atoms with Crippen molar-refractivity contribution < 1.29 is 9.53 Å². The highest BCUT2D eigenvalue weighted by atomic mass is 32.2. The summed E-state index contributed by atoms with van der Waals surface area (Å²) in [7, 11) is 1.60. The van der Waals surface area contributed by atoms with Crippen molar-refractivity contribution in [1.29, 1.82) is 0 Å². The fraction of sp³-hybridized carbons (Fsp3) is 0.118. The molecule has 1 aromatic heterocycles. The van der Waals surface area contributed by atoms with Crippen molar-refractivity contribution in [3.63, 3.8) is 0 Å². The number of benzene rings is 2. The summed E-state index contributed by atoms with van der Waals surface area (Å²) in [5.74, 6) is 1.07. The van der Waals surface area contributed by atoms with E-state index in [1.54, 1.807) is 35.9 Å². The number of nitrogen functional groups attached to an aromatic ring is 1. The Balaban J connectivity index is 1.64. The van der Waals surface area contributed by atoms with Crippen LogP contribution in [-0.4, -0.2) is 33.5 Å². The van der Waals surface area contributed by atoms with Crippen LogP contribution in [0.5, 0.6) is 5.75 Å². The summed E-state index contributed by atoms with van der Waals surface area (Å²) in [6.45, 7) is 0. The van der Waals surface area contributed by atoms with Crippen LogP contribution >= 0.6 is 11.8 Å². The molecule has 3 aromatic rings. The van der Waals surface area contributed by atoms with Gasteiger partial charge in [-0.25, -0.2) is 0 Å². The smallest absolute Gasteiger partial charge is 0.234 e. The second kappa shape index (κ2) is 7.71. The Bertz CT molecular complexity index is 849. The van der Waals surface area contributed by atoms with Gasteiger partial charge in [-0.2, -0.15) is 0 Å². The van der Waals surface area contributed by atoms with E-state index in [0.717, 1.165) is 11.4 Å². The minimum Gasteiger partial charge on any atom is -0.497 e. The van der Waals surface area contributed by atoms with Gasteiger partial charge in [-0.05, 0) is 36.4 Å². The Labute approximate surface area is 149 Å². The normalized spacial score (nSPS) is 10.4. The average molecular weight is 355 g/mol. The number of para-hydroxylation sites is 1. The Kier molecular flexibility index (Phi) is 5.20. The molecule has 0 aliphatic carbocycles. The molecule has 0 saturated heterocycles. The highest BCUT2D eigenvalue weighted by Gasteiger charge is 2.13. The van der Waals surface area contributed by atoms with Gasteiger partial charge in [0.1, 0.15) is 5.75 Å². The minimum absolute atomic E-state index is 0.142. The number of carbonyl (C=O) groups is 1. The van der Waals surface area contributed by atoms with Crippen molar-refractivity contribution >= 4 is 29.3 Å². The van der Waals surface area contributed by atoms with Gasteiger partial charge in [0.2, 0.25) is 11.9 Å². The first-order valence-corrected chi connectivity index (χ1v) is 8.49. The second-order valence-electron chi connectivity index (χ2n) is 5.08. The van der Waals surface area contributed by atoms with Crippen molar-refractivity contribution in [2.24, 2.45) is 0 Å². The van der Waals surface area contributed by atoms with E-state index in [1.807, 2.05) is 30.3 Å². The number of nitrogens with two attached hydrogens (primary N) is 1. The van der Waals surface area contributed by atoms with E-state index < -0.39 is 0 Å². The van der Waals surface area contributed by atoms with Gasteiger partial charge in [-0.15, -0.1) is 10.2 Å². The number of methoxy groups -OCH3 is 1. The largest absolute Gasteiger partial charge is 0.497 e. The molecule has 8 heteroatoms. The Morgan fingerprint density at radius 2 is 1.88 bits per heavy atom. The summed E-state index contributed by atoms with van der Waals surface area (Å²) < 4.78 is 6.80. The number of thioether (sulfide) groups is 1. The van der Waals surface area contributed by atoms with Crippen molar-refractivity contribution in [3.8, 4) is 11.4 Å². The number of rotatable bonds is 6. The van der Waals surface area contributed by atoms with Gasteiger partial charge >= 0.3 is 0 Å². The molecule has 0 aliphatic rings. The SMILES string of the molecule is COc1ccc(NC(=O)CSc2nnc(N)n2-c2ccccc2)cc1. The standard InChI is InChI=1S/C17H17N5O2S/c1-24-14-9-7-12(8-10-14)19-15(23)11-25-17-21-20-16(18)22(17)13-5-3-2-4-6-13/h2-10H,11H2,1H3,(H2,18,20)(H,19,23). The van der Waals surface area contributed by atoms with E-state index in [0.29, 0.717) is 10.8 Å². The number of amides is 1. The maximum Gasteiger partial charge on any atom is 0.234 e. The highest BCUT2D eigenvalue weighted by Crippen LogP contribution is 2.23. The number of hydrogen-bond acceptors (Lipinski definition) is 6. The molecular formula is C17H17N5O2S. The molecule has 0 fully saturated rings. The van der Waals surface area contributed by atoms with Crippen LogP contribution in [0, 0.1) is 0 Å². The Morgan fingerprint density at radius 3 is 2.56 bits per heavy atom. The van der Waals surface area contributed by atoms with Crippen LogP contribution in [0.15, 0.2) is 59.8 Å². The van der Waals surface area contributed by atoms with Gasteiger partial charge in [0.15, 0.2) is 5.16 Å². The average Bonchev–Trinajstić information content (AvgIpc) is 3.02. The van der Waals surface area contributed by atoms with Crippen LogP contribution in [0.4, 0.5) is 11.6 Å². The lowest BCUT2D eigenvalue weighted by Gasteiger charge is -2.08. The molecular weight excluding hydrogens is 338 g/mol. The molecule has 0 bridgehead atoms. The van der Waals surface area contributed by atoms with Crippen molar-refractivity contribution in [2.75, 3.05) is 23.9 Å². The summed E-state index contributed by atoms with van der Waals surface area (Å²) >= 11 is 1.27. The number of anilines is 2. The zero-order chi connectivity index (χ0) is 17.6. The summed E-state index contributed by atoms with van der Waals surface area (Å²) in [5, 5.41) is 11.3.